The minimum absolute atomic E-state index is 0.0778. The van der Waals surface area contributed by atoms with Crippen molar-refractivity contribution in [3.63, 3.8) is 0 Å². The monoisotopic (exact) mass is 608 g/mol. The van der Waals surface area contributed by atoms with E-state index in [1.807, 2.05) is 18.3 Å². The van der Waals surface area contributed by atoms with E-state index in [1.54, 1.807) is 30.5 Å². The molecule has 0 aliphatic carbocycles. The first kappa shape index (κ1) is 28.3. The molecule has 0 spiro atoms. The van der Waals surface area contributed by atoms with Crippen molar-refractivity contribution < 1.29 is 19.0 Å². The zero-order valence-electron chi connectivity index (χ0n) is 23.0. The molecule has 1 aliphatic rings. The van der Waals surface area contributed by atoms with Gasteiger partial charge in [-0.3, -0.25) is 4.90 Å². The van der Waals surface area contributed by atoms with Crippen molar-refractivity contribution >= 4 is 39.3 Å². The molecule has 0 unspecified atom stereocenters. The van der Waals surface area contributed by atoms with E-state index in [-0.39, 0.29) is 17.4 Å². The van der Waals surface area contributed by atoms with Crippen LogP contribution in [-0.4, -0.2) is 53.2 Å². The lowest BCUT2D eigenvalue weighted by atomic mass is 9.93. The van der Waals surface area contributed by atoms with Crippen molar-refractivity contribution in [1.82, 2.24) is 29.0 Å². The van der Waals surface area contributed by atoms with Crippen LogP contribution in [0.5, 0.6) is 5.88 Å². The molecule has 1 N–H and O–H groups in total. The van der Waals surface area contributed by atoms with Gasteiger partial charge in [-0.2, -0.15) is 0 Å². The Kier molecular flexibility index (Phi) is 8.23. The molecular weight excluding hydrogens is 579 g/mol. The van der Waals surface area contributed by atoms with Crippen LogP contribution in [0.25, 0.3) is 10.3 Å². The van der Waals surface area contributed by atoms with E-state index in [0.717, 1.165) is 60.2 Å². The first-order valence-electron chi connectivity index (χ1n) is 13.9. The maximum Gasteiger partial charge on any atom is 0.346 e. The molecule has 218 valence electrons. The minimum atomic E-state index is -0.941. The summed E-state index contributed by atoms with van der Waals surface area (Å²) in [4.78, 5) is 29.1. The number of piperidine rings is 1. The number of benzene rings is 1. The fourth-order valence-electron chi connectivity index (χ4n) is 5.40. The molecular formula is C30H30ClFN6O3S. The third-order valence-corrected chi connectivity index (χ3v) is 8.93. The van der Waals surface area contributed by atoms with Gasteiger partial charge in [-0.15, -0.1) is 11.3 Å². The number of ether oxygens (including phenoxy) is 1. The van der Waals surface area contributed by atoms with Crippen LogP contribution in [0.3, 0.4) is 0 Å². The number of halogens is 2. The zero-order chi connectivity index (χ0) is 29.2. The molecule has 5 aromatic rings. The second kappa shape index (κ2) is 12.2. The fraction of sp³-hybridized carbons (Fsp3) is 0.333. The molecule has 9 nitrogen and oxygen atoms in total. The number of thiophene rings is 1. The summed E-state index contributed by atoms with van der Waals surface area (Å²) in [5.41, 5.74) is 2.22. The third kappa shape index (κ3) is 6.04. The highest BCUT2D eigenvalue weighted by Gasteiger charge is 2.25. The molecule has 0 atom stereocenters. The molecule has 0 saturated carbocycles. The molecule has 0 bridgehead atoms. The van der Waals surface area contributed by atoms with Gasteiger partial charge in [0.25, 0.3) is 0 Å². The molecule has 1 aromatic carbocycles. The van der Waals surface area contributed by atoms with E-state index in [4.69, 9.17) is 26.3 Å². The molecule has 1 saturated heterocycles. The number of fused-ring (bicyclic) bond motifs is 1. The smallest absolute Gasteiger partial charge is 0.346 e. The molecule has 12 heteroatoms. The number of carboxylic acids is 1. The topological polar surface area (TPSA) is 98.3 Å². The zero-order valence-corrected chi connectivity index (χ0v) is 24.6. The van der Waals surface area contributed by atoms with Gasteiger partial charge in [-0.05, 0) is 57.1 Å². The summed E-state index contributed by atoms with van der Waals surface area (Å²) >= 11 is 7.05. The van der Waals surface area contributed by atoms with Crippen LogP contribution in [0.1, 0.15) is 58.3 Å². The second-order valence-corrected chi connectivity index (χ2v) is 11.8. The summed E-state index contributed by atoms with van der Waals surface area (Å²) in [6.07, 6.45) is 5.60. The van der Waals surface area contributed by atoms with Crippen molar-refractivity contribution in [3.05, 3.63) is 93.5 Å². The Balaban J connectivity index is 1.12. The van der Waals surface area contributed by atoms with Crippen molar-refractivity contribution in [2.24, 2.45) is 0 Å². The van der Waals surface area contributed by atoms with Gasteiger partial charge in [0.05, 0.1) is 18.6 Å². The Morgan fingerprint density at radius 2 is 1.98 bits per heavy atom. The Hall–Kier alpha value is -3.80. The lowest BCUT2D eigenvalue weighted by Gasteiger charge is -2.31. The van der Waals surface area contributed by atoms with Crippen LogP contribution in [0.4, 0.5) is 4.39 Å². The highest BCUT2D eigenvalue weighted by atomic mass is 35.5. The van der Waals surface area contributed by atoms with Crippen molar-refractivity contribution in [1.29, 1.82) is 0 Å². The molecule has 4 aromatic heterocycles. The number of aromatic carboxylic acids is 1. The van der Waals surface area contributed by atoms with Crippen LogP contribution in [0, 0.1) is 5.82 Å². The van der Waals surface area contributed by atoms with Crippen LogP contribution in [-0.2, 0) is 26.2 Å². The molecule has 0 amide bonds. The molecule has 5 heterocycles. The van der Waals surface area contributed by atoms with Crippen LogP contribution in [0.2, 0.25) is 5.02 Å². The average Bonchev–Trinajstić information content (AvgIpc) is 3.69. The second-order valence-electron chi connectivity index (χ2n) is 10.3. The lowest BCUT2D eigenvalue weighted by Crippen LogP contribution is -2.33. The molecule has 0 radical (unpaired) electrons. The number of likely N-dealkylation sites (tertiary alicyclic amines) is 1. The quantitative estimate of drug-likeness (QED) is 0.201. The van der Waals surface area contributed by atoms with Gasteiger partial charge in [0.15, 0.2) is 0 Å². The summed E-state index contributed by atoms with van der Waals surface area (Å²) < 4.78 is 24.1. The number of hydrogen-bond acceptors (Lipinski definition) is 7. The number of carbonyl (C=O) groups is 1. The average molecular weight is 609 g/mol. The predicted molar refractivity (Wildman–Crippen MR) is 159 cm³/mol. The summed E-state index contributed by atoms with van der Waals surface area (Å²) in [6.45, 7) is 5.88. The Morgan fingerprint density at radius 3 is 2.74 bits per heavy atom. The number of carboxylic acid groups (broad SMARTS) is 1. The SMILES string of the molecule is CCn1ccnc1Cn1c(CN2CCC(c3cccc(OCc4ccc(Cl)cc4F)n3)CC2)nc2sc(C(=O)O)cc21. The summed E-state index contributed by atoms with van der Waals surface area (Å²) in [6, 6.07) is 12.0. The summed E-state index contributed by atoms with van der Waals surface area (Å²) in [5.74, 6) is 1.23. The first-order valence-corrected chi connectivity index (χ1v) is 15.1. The number of aryl methyl sites for hydroxylation is 1. The van der Waals surface area contributed by atoms with E-state index < -0.39 is 11.8 Å². The normalized spacial score (nSPS) is 14.5. The van der Waals surface area contributed by atoms with E-state index >= 15 is 0 Å². The van der Waals surface area contributed by atoms with Crippen LogP contribution >= 0.6 is 22.9 Å². The Bertz CT molecular complexity index is 1730. The third-order valence-electron chi connectivity index (χ3n) is 7.69. The number of hydrogen-bond donors (Lipinski definition) is 1. The predicted octanol–water partition coefficient (Wildman–Crippen LogP) is 6.21. The fourth-order valence-corrected chi connectivity index (χ4v) is 6.45. The molecule has 42 heavy (non-hydrogen) atoms. The largest absolute Gasteiger partial charge is 0.477 e. The standard InChI is InChI=1S/C30H30ClFN6O3S/c1-2-37-13-10-33-26(37)17-38-24-15-25(30(39)40)42-29(24)35-27(38)16-36-11-8-19(9-12-36)23-4-3-5-28(34-23)41-18-20-6-7-21(31)14-22(20)32/h3-7,10,13-15,19H,2,8-9,11-12,16-18H2,1H3,(H,39,40). The number of imidazole rings is 2. The van der Waals surface area contributed by atoms with Crippen LogP contribution < -0.4 is 4.74 Å². The van der Waals surface area contributed by atoms with Crippen molar-refractivity contribution in [3.8, 4) is 5.88 Å². The Morgan fingerprint density at radius 1 is 1.14 bits per heavy atom. The molecule has 1 aliphatic heterocycles. The van der Waals surface area contributed by atoms with Crippen LogP contribution in [0.15, 0.2) is 54.9 Å². The van der Waals surface area contributed by atoms with E-state index in [9.17, 15) is 14.3 Å². The summed E-state index contributed by atoms with van der Waals surface area (Å²) in [7, 11) is 0. The van der Waals surface area contributed by atoms with Gasteiger partial charge in [-0.1, -0.05) is 23.7 Å². The Labute approximate surface area is 251 Å². The van der Waals surface area contributed by atoms with E-state index in [2.05, 4.69) is 25.9 Å². The van der Waals surface area contributed by atoms with Crippen molar-refractivity contribution in [2.75, 3.05) is 13.1 Å². The van der Waals surface area contributed by atoms with Gasteiger partial charge in [-0.25, -0.2) is 24.1 Å². The van der Waals surface area contributed by atoms with E-state index in [0.29, 0.717) is 29.6 Å². The maximum atomic E-state index is 14.1. The van der Waals surface area contributed by atoms with Gasteiger partial charge >= 0.3 is 5.97 Å². The number of rotatable bonds is 10. The van der Waals surface area contributed by atoms with Gasteiger partial charge < -0.3 is 19.0 Å². The highest BCUT2D eigenvalue weighted by molar-refractivity contribution is 7.20. The molecule has 1 fully saturated rings. The van der Waals surface area contributed by atoms with Crippen molar-refractivity contribution in [2.45, 2.75) is 51.9 Å². The lowest BCUT2D eigenvalue weighted by molar-refractivity contribution is 0.0702. The minimum Gasteiger partial charge on any atom is -0.477 e. The summed E-state index contributed by atoms with van der Waals surface area (Å²) in [5, 5.41) is 9.87. The maximum absolute atomic E-state index is 14.1. The first-order chi connectivity index (χ1) is 20.4. The highest BCUT2D eigenvalue weighted by Crippen LogP contribution is 2.31. The number of nitrogens with zero attached hydrogens (tertiary/aromatic N) is 6. The van der Waals surface area contributed by atoms with Gasteiger partial charge in [0.2, 0.25) is 5.88 Å². The van der Waals surface area contributed by atoms with Gasteiger partial charge in [0, 0.05) is 47.2 Å². The number of pyridine rings is 1. The van der Waals surface area contributed by atoms with Gasteiger partial charge in [0.1, 0.15) is 33.8 Å². The van der Waals surface area contributed by atoms with E-state index in [1.165, 1.54) is 17.4 Å². The molecule has 6 rings (SSSR count). The number of aromatic nitrogens is 5.